The summed E-state index contributed by atoms with van der Waals surface area (Å²) in [6.45, 7) is 6.55. The predicted molar refractivity (Wildman–Crippen MR) is 66.7 cm³/mol. The van der Waals surface area contributed by atoms with E-state index in [1.54, 1.807) is 0 Å². The maximum absolute atomic E-state index is 11.9. The minimum atomic E-state index is 0.150. The van der Waals surface area contributed by atoms with Crippen molar-refractivity contribution in [3.63, 3.8) is 0 Å². The number of nitrogens with zero attached hydrogens (tertiary/aromatic N) is 2. The average molecular weight is 240 g/mol. The number of aliphatic hydroxyl groups is 1. The van der Waals surface area contributed by atoms with Crippen LogP contribution >= 0.6 is 0 Å². The molecule has 2 rings (SSSR count). The molecule has 1 amide bonds. The molecule has 2 aliphatic rings. The van der Waals surface area contributed by atoms with Crippen molar-refractivity contribution in [3.8, 4) is 0 Å². The molecule has 2 fully saturated rings. The minimum absolute atomic E-state index is 0.150. The van der Waals surface area contributed by atoms with Crippen LogP contribution in [0.5, 0.6) is 0 Å². The van der Waals surface area contributed by atoms with E-state index in [1.165, 1.54) is 13.0 Å². The number of likely N-dealkylation sites (tertiary alicyclic amines) is 2. The van der Waals surface area contributed by atoms with E-state index in [9.17, 15) is 4.79 Å². The molecule has 1 unspecified atom stereocenters. The van der Waals surface area contributed by atoms with E-state index in [4.69, 9.17) is 5.11 Å². The third-order valence-corrected chi connectivity index (χ3v) is 4.03. The third kappa shape index (κ3) is 2.99. The molecule has 17 heavy (non-hydrogen) atoms. The van der Waals surface area contributed by atoms with Crippen LogP contribution in [0, 0.1) is 5.92 Å². The maximum Gasteiger partial charge on any atom is 0.223 e. The Morgan fingerprint density at radius 3 is 2.59 bits per heavy atom. The fourth-order valence-electron chi connectivity index (χ4n) is 3.05. The lowest BCUT2D eigenvalue weighted by Gasteiger charge is -2.36. The van der Waals surface area contributed by atoms with Gasteiger partial charge in [0.25, 0.3) is 0 Å². The summed E-state index contributed by atoms with van der Waals surface area (Å²) >= 11 is 0. The Hall–Kier alpha value is -0.610. The molecule has 0 aliphatic carbocycles. The van der Waals surface area contributed by atoms with Crippen molar-refractivity contribution in [1.82, 2.24) is 9.80 Å². The molecule has 2 aliphatic heterocycles. The zero-order chi connectivity index (χ0) is 12.3. The van der Waals surface area contributed by atoms with Crippen molar-refractivity contribution in [3.05, 3.63) is 0 Å². The number of hydrogen-bond acceptors (Lipinski definition) is 3. The van der Waals surface area contributed by atoms with Crippen LogP contribution in [0.2, 0.25) is 0 Å². The van der Waals surface area contributed by atoms with Gasteiger partial charge in [0, 0.05) is 44.6 Å². The zero-order valence-electron chi connectivity index (χ0n) is 10.8. The first kappa shape index (κ1) is 12.8. The molecule has 0 spiro atoms. The van der Waals surface area contributed by atoms with Gasteiger partial charge in [-0.3, -0.25) is 4.79 Å². The first-order chi connectivity index (χ1) is 8.24. The Morgan fingerprint density at radius 1 is 1.35 bits per heavy atom. The van der Waals surface area contributed by atoms with Gasteiger partial charge in [0.2, 0.25) is 5.91 Å². The number of aliphatic hydroxyl groups excluding tert-OH is 1. The first-order valence-corrected chi connectivity index (χ1v) is 6.87. The van der Waals surface area contributed by atoms with Gasteiger partial charge in [0.15, 0.2) is 0 Å². The molecule has 0 saturated carbocycles. The predicted octanol–water partition coefficient (Wildman–Crippen LogP) is 0.702. The molecule has 0 aromatic heterocycles. The molecule has 4 nitrogen and oxygen atoms in total. The zero-order valence-corrected chi connectivity index (χ0v) is 10.8. The molecule has 1 atom stereocenters. The molecule has 98 valence electrons. The van der Waals surface area contributed by atoms with Gasteiger partial charge in [0.05, 0.1) is 0 Å². The SMILES string of the molecule is CCCN1CCC(N2CC(CO)CC2=O)CC1. The second kappa shape index (κ2) is 5.83. The van der Waals surface area contributed by atoms with Gasteiger partial charge in [-0.25, -0.2) is 0 Å². The summed E-state index contributed by atoms with van der Waals surface area (Å²) in [5, 5.41) is 9.12. The second-order valence-electron chi connectivity index (χ2n) is 5.37. The summed E-state index contributed by atoms with van der Waals surface area (Å²) in [6.07, 6.45) is 3.96. The van der Waals surface area contributed by atoms with Gasteiger partial charge < -0.3 is 14.9 Å². The highest BCUT2D eigenvalue weighted by atomic mass is 16.3. The summed E-state index contributed by atoms with van der Waals surface area (Å²) in [7, 11) is 0. The standard InChI is InChI=1S/C13H24N2O2/c1-2-5-14-6-3-12(4-7-14)15-9-11(10-16)8-13(15)17/h11-12,16H,2-10H2,1H3. The van der Waals surface area contributed by atoms with E-state index in [0.29, 0.717) is 12.5 Å². The molecule has 2 saturated heterocycles. The Morgan fingerprint density at radius 2 is 2.06 bits per heavy atom. The van der Waals surface area contributed by atoms with Gasteiger partial charge in [0.1, 0.15) is 0 Å². The van der Waals surface area contributed by atoms with E-state index in [-0.39, 0.29) is 18.4 Å². The summed E-state index contributed by atoms with van der Waals surface area (Å²) in [6, 6.07) is 0.423. The Labute approximate surface area is 104 Å². The molecule has 1 N–H and O–H groups in total. The van der Waals surface area contributed by atoms with Crippen molar-refractivity contribution in [2.75, 3.05) is 32.8 Å². The van der Waals surface area contributed by atoms with Crippen LogP contribution in [0.15, 0.2) is 0 Å². The van der Waals surface area contributed by atoms with E-state index in [2.05, 4.69) is 11.8 Å². The lowest BCUT2D eigenvalue weighted by molar-refractivity contribution is -0.130. The fraction of sp³-hybridized carbons (Fsp3) is 0.923. The lowest BCUT2D eigenvalue weighted by atomic mass is 10.0. The number of piperidine rings is 1. The summed E-state index contributed by atoms with van der Waals surface area (Å²) < 4.78 is 0. The quantitative estimate of drug-likeness (QED) is 0.787. The van der Waals surface area contributed by atoms with Gasteiger partial charge in [-0.15, -0.1) is 0 Å². The van der Waals surface area contributed by atoms with Crippen LogP contribution in [0.3, 0.4) is 0 Å². The number of hydrogen-bond donors (Lipinski definition) is 1. The smallest absolute Gasteiger partial charge is 0.223 e. The van der Waals surface area contributed by atoms with E-state index in [1.807, 2.05) is 4.90 Å². The number of carbonyl (C=O) groups is 1. The lowest BCUT2D eigenvalue weighted by Crippen LogP contribution is -2.45. The molecule has 0 aromatic rings. The molecule has 2 heterocycles. The van der Waals surface area contributed by atoms with Crippen molar-refractivity contribution >= 4 is 5.91 Å². The van der Waals surface area contributed by atoms with Crippen LogP contribution in [0.25, 0.3) is 0 Å². The van der Waals surface area contributed by atoms with Crippen molar-refractivity contribution in [1.29, 1.82) is 0 Å². The highest BCUT2D eigenvalue weighted by Crippen LogP contribution is 2.25. The molecular formula is C13H24N2O2. The van der Waals surface area contributed by atoms with Crippen molar-refractivity contribution in [2.24, 2.45) is 5.92 Å². The number of amides is 1. The number of rotatable bonds is 4. The molecule has 4 heteroatoms. The van der Waals surface area contributed by atoms with Crippen molar-refractivity contribution in [2.45, 2.75) is 38.6 Å². The average Bonchev–Trinajstić information content (AvgIpc) is 2.72. The Bertz CT molecular complexity index is 262. The fourth-order valence-corrected chi connectivity index (χ4v) is 3.05. The topological polar surface area (TPSA) is 43.8 Å². The van der Waals surface area contributed by atoms with E-state index in [0.717, 1.165) is 32.5 Å². The van der Waals surface area contributed by atoms with E-state index < -0.39 is 0 Å². The Kier molecular flexibility index (Phi) is 4.40. The van der Waals surface area contributed by atoms with Crippen LogP contribution < -0.4 is 0 Å². The second-order valence-corrected chi connectivity index (χ2v) is 5.37. The first-order valence-electron chi connectivity index (χ1n) is 6.87. The van der Waals surface area contributed by atoms with Crippen LogP contribution in [0.1, 0.15) is 32.6 Å². The van der Waals surface area contributed by atoms with Gasteiger partial charge in [-0.05, 0) is 25.8 Å². The van der Waals surface area contributed by atoms with E-state index >= 15 is 0 Å². The minimum Gasteiger partial charge on any atom is -0.396 e. The van der Waals surface area contributed by atoms with Crippen LogP contribution in [-0.4, -0.2) is 59.6 Å². The monoisotopic (exact) mass is 240 g/mol. The Balaban J connectivity index is 1.82. The van der Waals surface area contributed by atoms with Crippen LogP contribution in [0.4, 0.5) is 0 Å². The molecule has 0 radical (unpaired) electrons. The van der Waals surface area contributed by atoms with Crippen LogP contribution in [-0.2, 0) is 4.79 Å². The maximum atomic E-state index is 11.9. The normalized spacial score (nSPS) is 28.0. The van der Waals surface area contributed by atoms with Crippen molar-refractivity contribution < 1.29 is 9.90 Å². The number of carbonyl (C=O) groups excluding carboxylic acids is 1. The molecule has 0 aromatic carbocycles. The highest BCUT2D eigenvalue weighted by Gasteiger charge is 2.35. The molecular weight excluding hydrogens is 216 g/mol. The molecule has 0 bridgehead atoms. The van der Waals surface area contributed by atoms with Gasteiger partial charge in [-0.1, -0.05) is 6.92 Å². The third-order valence-electron chi connectivity index (χ3n) is 4.03. The van der Waals surface area contributed by atoms with Gasteiger partial charge >= 0.3 is 0 Å². The summed E-state index contributed by atoms with van der Waals surface area (Å²) in [5.74, 6) is 0.425. The highest BCUT2D eigenvalue weighted by molar-refractivity contribution is 5.79. The largest absolute Gasteiger partial charge is 0.396 e. The summed E-state index contributed by atoms with van der Waals surface area (Å²) in [4.78, 5) is 16.4. The summed E-state index contributed by atoms with van der Waals surface area (Å²) in [5.41, 5.74) is 0. The van der Waals surface area contributed by atoms with Gasteiger partial charge in [-0.2, -0.15) is 0 Å².